The summed E-state index contributed by atoms with van der Waals surface area (Å²) in [5, 5.41) is 12.0. The van der Waals surface area contributed by atoms with Crippen LogP contribution < -0.4 is 20.6 Å². The molecule has 1 aromatic heterocycles. The number of hydrogen-bond donors (Lipinski definition) is 3. The minimum absolute atomic E-state index is 0.403. The van der Waals surface area contributed by atoms with Gasteiger partial charge in [0.1, 0.15) is 4.91 Å². The first-order chi connectivity index (χ1) is 7.27. The van der Waals surface area contributed by atoms with Crippen molar-refractivity contribution in [2.45, 2.75) is 0 Å². The normalized spacial score (nSPS) is 17.5. The fourth-order valence-corrected chi connectivity index (χ4v) is 3.56. The lowest BCUT2D eigenvalue weighted by atomic mass is 10.3. The van der Waals surface area contributed by atoms with E-state index in [-0.39, 0.29) is 0 Å². The molecule has 0 aromatic carbocycles. The number of hydrazine groups is 1. The zero-order valence-electron chi connectivity index (χ0n) is 7.40. The summed E-state index contributed by atoms with van der Waals surface area (Å²) in [4.78, 5) is 12.4. The van der Waals surface area contributed by atoms with Gasteiger partial charge < -0.3 is 10.5 Å². The number of carbonyl (C=O) groups is 1. The zero-order chi connectivity index (χ0) is 10.4. The summed E-state index contributed by atoms with van der Waals surface area (Å²) in [7, 11) is 0. The molecule has 0 amide bonds. The fraction of sp³-hybridized carbons (Fsp3) is 0. The van der Waals surface area contributed by atoms with Gasteiger partial charge in [0, 0.05) is 11.4 Å². The lowest BCUT2D eigenvalue weighted by Crippen LogP contribution is -2.33. The Hall–Kier alpha value is -1.40. The molecule has 0 saturated heterocycles. The third kappa shape index (κ3) is 1.18. The summed E-state index contributed by atoms with van der Waals surface area (Å²) in [6, 6.07) is 1.94. The Morgan fingerprint density at radius 1 is 1.47 bits per heavy atom. The number of thiophene rings is 1. The van der Waals surface area contributed by atoms with E-state index in [1.165, 1.54) is 23.1 Å². The molecule has 3 heterocycles. The second-order valence-corrected chi connectivity index (χ2v) is 5.02. The summed E-state index contributed by atoms with van der Waals surface area (Å²) in [5.74, 6) is -0.865. The Morgan fingerprint density at radius 3 is 3.13 bits per heavy atom. The molecule has 3 N–H and O–H groups in total. The van der Waals surface area contributed by atoms with Crippen molar-refractivity contribution in [3.8, 4) is 0 Å². The summed E-state index contributed by atoms with van der Waals surface area (Å²) in [6.45, 7) is 0. The Bertz CT molecular complexity index is 589. The molecule has 0 saturated carbocycles. The average molecular weight is 238 g/mol. The molecule has 76 valence electrons. The van der Waals surface area contributed by atoms with E-state index in [0.29, 0.717) is 4.91 Å². The van der Waals surface area contributed by atoms with Crippen molar-refractivity contribution >= 4 is 39.7 Å². The van der Waals surface area contributed by atoms with Crippen LogP contribution in [0.25, 0.3) is 10.6 Å². The van der Waals surface area contributed by atoms with E-state index >= 15 is 0 Å². The van der Waals surface area contributed by atoms with Crippen molar-refractivity contribution in [3.05, 3.63) is 32.3 Å². The van der Waals surface area contributed by atoms with Gasteiger partial charge in [-0.15, -0.1) is 11.3 Å². The first-order valence-electron chi connectivity index (χ1n) is 4.23. The molecule has 3 rings (SSSR count). The van der Waals surface area contributed by atoms with Crippen LogP contribution in [0.15, 0.2) is 22.6 Å². The molecule has 0 aliphatic carbocycles. The van der Waals surface area contributed by atoms with Gasteiger partial charge in [0.25, 0.3) is 0 Å². The SMILES string of the molecule is O=C(O)C1=c2sccc2=C2NNC=C2S1. The molecule has 15 heavy (non-hydrogen) atoms. The van der Waals surface area contributed by atoms with Crippen LogP contribution >= 0.6 is 23.1 Å². The van der Waals surface area contributed by atoms with Crippen LogP contribution in [0.4, 0.5) is 0 Å². The van der Waals surface area contributed by atoms with Crippen molar-refractivity contribution in [1.29, 1.82) is 0 Å². The molecule has 0 bridgehead atoms. The first-order valence-corrected chi connectivity index (χ1v) is 5.92. The second kappa shape index (κ2) is 3.04. The number of hydrogen-bond acceptors (Lipinski definition) is 5. The van der Waals surface area contributed by atoms with Crippen molar-refractivity contribution in [1.82, 2.24) is 10.9 Å². The fourth-order valence-electron chi connectivity index (χ4n) is 1.57. The van der Waals surface area contributed by atoms with Gasteiger partial charge in [-0.05, 0) is 11.4 Å². The van der Waals surface area contributed by atoms with Crippen molar-refractivity contribution in [3.63, 3.8) is 0 Å². The van der Waals surface area contributed by atoms with Gasteiger partial charge in [0.15, 0.2) is 0 Å². The van der Waals surface area contributed by atoms with Crippen molar-refractivity contribution in [2.75, 3.05) is 0 Å². The van der Waals surface area contributed by atoms with E-state index in [2.05, 4.69) is 10.9 Å². The number of nitrogens with one attached hydrogen (secondary N) is 2. The van der Waals surface area contributed by atoms with Gasteiger partial charge >= 0.3 is 5.97 Å². The number of carboxylic acid groups (broad SMARTS) is 1. The lowest BCUT2D eigenvalue weighted by Gasteiger charge is -2.09. The van der Waals surface area contributed by atoms with Crippen LogP contribution in [-0.2, 0) is 4.79 Å². The van der Waals surface area contributed by atoms with Gasteiger partial charge in [-0.2, -0.15) is 0 Å². The second-order valence-electron chi connectivity index (χ2n) is 3.05. The Balaban J connectivity index is 2.44. The highest BCUT2D eigenvalue weighted by atomic mass is 32.2. The maximum atomic E-state index is 11.1. The molecule has 6 heteroatoms. The summed E-state index contributed by atoms with van der Waals surface area (Å²) < 4.78 is 0.829. The summed E-state index contributed by atoms with van der Waals surface area (Å²) in [5.41, 5.74) is 6.87. The predicted molar refractivity (Wildman–Crippen MR) is 60.0 cm³/mol. The summed E-state index contributed by atoms with van der Waals surface area (Å²) >= 11 is 2.74. The topological polar surface area (TPSA) is 61.4 Å². The number of aliphatic carboxylic acids is 1. The third-order valence-corrected chi connectivity index (χ3v) is 4.38. The summed E-state index contributed by atoms with van der Waals surface area (Å²) in [6.07, 6.45) is 1.78. The van der Waals surface area contributed by atoms with Gasteiger partial charge in [-0.25, -0.2) is 4.79 Å². The van der Waals surface area contributed by atoms with Crippen LogP contribution in [0.5, 0.6) is 0 Å². The monoisotopic (exact) mass is 238 g/mol. The Morgan fingerprint density at radius 2 is 2.33 bits per heavy atom. The number of carboxylic acids is 1. The average Bonchev–Trinajstić information content (AvgIpc) is 2.83. The van der Waals surface area contributed by atoms with Crippen LogP contribution in [0.1, 0.15) is 0 Å². The first kappa shape index (κ1) is 8.87. The van der Waals surface area contributed by atoms with Gasteiger partial charge in [-0.1, -0.05) is 11.8 Å². The molecular weight excluding hydrogens is 232 g/mol. The van der Waals surface area contributed by atoms with E-state index < -0.39 is 5.97 Å². The van der Waals surface area contributed by atoms with Crippen molar-refractivity contribution < 1.29 is 9.90 Å². The van der Waals surface area contributed by atoms with Crippen LogP contribution in [-0.4, -0.2) is 11.1 Å². The van der Waals surface area contributed by atoms with Gasteiger partial charge in [0.05, 0.1) is 15.1 Å². The largest absolute Gasteiger partial charge is 0.477 e. The smallest absolute Gasteiger partial charge is 0.344 e. The molecule has 2 aliphatic rings. The van der Waals surface area contributed by atoms with Gasteiger partial charge in [-0.3, -0.25) is 5.43 Å². The lowest BCUT2D eigenvalue weighted by molar-refractivity contribution is -0.130. The van der Waals surface area contributed by atoms with Crippen LogP contribution in [0, 0.1) is 0 Å². The predicted octanol–water partition coefficient (Wildman–Crippen LogP) is -0.255. The standard InChI is InChI=1S/C9H6N2O2S2/c12-9(13)8-7-4(1-2-14-7)6-5(15-8)3-10-11-6/h1-3,10-11H,(H,12,13). The number of rotatable bonds is 1. The van der Waals surface area contributed by atoms with Gasteiger partial charge in [0.2, 0.25) is 0 Å². The quantitative estimate of drug-likeness (QED) is 0.629. The van der Waals surface area contributed by atoms with Crippen LogP contribution in [0.2, 0.25) is 0 Å². The van der Waals surface area contributed by atoms with E-state index in [1.54, 1.807) is 6.20 Å². The van der Waals surface area contributed by atoms with E-state index in [1.807, 2.05) is 11.4 Å². The maximum absolute atomic E-state index is 11.1. The minimum Gasteiger partial charge on any atom is -0.477 e. The molecule has 2 aliphatic heterocycles. The Labute approximate surface area is 93.0 Å². The van der Waals surface area contributed by atoms with E-state index in [0.717, 1.165) is 20.4 Å². The third-order valence-electron chi connectivity index (χ3n) is 2.19. The molecule has 0 unspecified atom stereocenters. The minimum atomic E-state index is -0.865. The molecule has 0 fully saturated rings. The molecular formula is C9H6N2O2S2. The van der Waals surface area contributed by atoms with E-state index in [4.69, 9.17) is 5.11 Å². The highest BCUT2D eigenvalue weighted by molar-refractivity contribution is 8.13. The van der Waals surface area contributed by atoms with Crippen LogP contribution in [0.3, 0.4) is 0 Å². The Kier molecular flexibility index (Phi) is 1.80. The number of fused-ring (bicyclic) bond motifs is 2. The molecule has 0 atom stereocenters. The zero-order valence-corrected chi connectivity index (χ0v) is 9.04. The molecule has 0 radical (unpaired) electrons. The van der Waals surface area contributed by atoms with Crippen molar-refractivity contribution in [2.24, 2.45) is 0 Å². The van der Waals surface area contributed by atoms with E-state index in [9.17, 15) is 4.79 Å². The maximum Gasteiger partial charge on any atom is 0.344 e. The molecule has 0 spiro atoms. The number of thioether (sulfide) groups is 1. The molecule has 4 nitrogen and oxygen atoms in total. The highest BCUT2D eigenvalue weighted by Crippen LogP contribution is 2.33. The molecule has 1 aromatic rings. The highest BCUT2D eigenvalue weighted by Gasteiger charge is 2.24.